The van der Waals surface area contributed by atoms with Gasteiger partial charge in [0.15, 0.2) is 11.9 Å². The van der Waals surface area contributed by atoms with Gasteiger partial charge in [0.2, 0.25) is 0 Å². The van der Waals surface area contributed by atoms with Gasteiger partial charge >= 0.3 is 5.69 Å². The minimum absolute atomic E-state index is 0.0689. The number of nitro groups is 1. The Morgan fingerprint density at radius 2 is 1.72 bits per heavy atom. The fourth-order valence-electron chi connectivity index (χ4n) is 2.53. The summed E-state index contributed by atoms with van der Waals surface area (Å²) in [6.45, 7) is 1.55. The first-order valence-electron chi connectivity index (χ1n) is 7.75. The third kappa shape index (κ3) is 3.58. The lowest BCUT2D eigenvalue weighted by molar-refractivity contribution is -0.384. The number of carbonyl (C=O) groups excluding carboxylic acids is 1. The fourth-order valence-corrected chi connectivity index (χ4v) is 2.53. The van der Waals surface area contributed by atoms with Gasteiger partial charge in [-0.3, -0.25) is 14.9 Å². The van der Waals surface area contributed by atoms with Crippen molar-refractivity contribution in [2.75, 3.05) is 5.32 Å². The smallest absolute Gasteiger partial charge is 0.318 e. The van der Waals surface area contributed by atoms with E-state index >= 15 is 0 Å². The summed E-state index contributed by atoms with van der Waals surface area (Å²) in [6.07, 6.45) is -0.889. The Morgan fingerprint density at radius 3 is 2.44 bits per heavy atom. The summed E-state index contributed by atoms with van der Waals surface area (Å²) >= 11 is 0. The van der Waals surface area contributed by atoms with Crippen LogP contribution in [0.4, 0.5) is 11.4 Å². The zero-order valence-corrected chi connectivity index (χ0v) is 13.5. The van der Waals surface area contributed by atoms with Crippen LogP contribution in [0.1, 0.15) is 6.92 Å². The second-order valence-electron chi connectivity index (χ2n) is 5.51. The molecule has 0 radical (unpaired) electrons. The lowest BCUT2D eigenvalue weighted by Crippen LogP contribution is -2.30. The quantitative estimate of drug-likeness (QED) is 0.560. The molecule has 3 rings (SSSR count). The first-order valence-corrected chi connectivity index (χ1v) is 7.75. The number of carbonyl (C=O) groups is 1. The van der Waals surface area contributed by atoms with Gasteiger partial charge in [-0.2, -0.15) is 0 Å². The molecule has 126 valence electrons. The molecule has 0 bridgehead atoms. The van der Waals surface area contributed by atoms with Crippen LogP contribution in [0.25, 0.3) is 10.8 Å². The lowest BCUT2D eigenvalue weighted by Gasteiger charge is -2.15. The van der Waals surface area contributed by atoms with Crippen molar-refractivity contribution in [3.8, 4) is 5.75 Å². The molecule has 0 aromatic heterocycles. The highest BCUT2D eigenvalue weighted by Gasteiger charge is 2.23. The molecule has 3 aromatic carbocycles. The molecule has 0 saturated carbocycles. The Bertz CT molecular complexity index is 925. The van der Waals surface area contributed by atoms with E-state index in [2.05, 4.69) is 5.32 Å². The third-order valence-electron chi connectivity index (χ3n) is 3.76. The van der Waals surface area contributed by atoms with Crippen LogP contribution in [0.5, 0.6) is 5.75 Å². The van der Waals surface area contributed by atoms with Crippen LogP contribution >= 0.6 is 0 Å². The molecule has 3 aromatic rings. The molecule has 1 N–H and O–H groups in total. The maximum Gasteiger partial charge on any atom is 0.318 e. The summed E-state index contributed by atoms with van der Waals surface area (Å²) < 4.78 is 5.60. The van der Waals surface area contributed by atoms with Crippen molar-refractivity contribution < 1.29 is 14.5 Å². The maximum absolute atomic E-state index is 12.3. The molecule has 6 nitrogen and oxygen atoms in total. The number of nitro benzene ring substituents is 1. The van der Waals surface area contributed by atoms with E-state index in [1.807, 2.05) is 12.1 Å². The van der Waals surface area contributed by atoms with Gasteiger partial charge in [0.1, 0.15) is 0 Å². The molecule has 0 aliphatic heterocycles. The van der Waals surface area contributed by atoms with Crippen LogP contribution in [0.15, 0.2) is 66.7 Å². The van der Waals surface area contributed by atoms with Gasteiger partial charge in [0, 0.05) is 5.69 Å². The van der Waals surface area contributed by atoms with Gasteiger partial charge in [-0.1, -0.05) is 42.5 Å². The largest absolute Gasteiger partial charge is 0.474 e. The lowest BCUT2D eigenvalue weighted by atomic mass is 10.1. The Balaban J connectivity index is 1.85. The highest BCUT2D eigenvalue weighted by molar-refractivity contribution is 5.95. The highest BCUT2D eigenvalue weighted by atomic mass is 16.6. The van der Waals surface area contributed by atoms with Crippen molar-refractivity contribution >= 4 is 28.1 Å². The summed E-state index contributed by atoms with van der Waals surface area (Å²) in [4.78, 5) is 23.3. The van der Waals surface area contributed by atoms with Crippen molar-refractivity contribution in [3.63, 3.8) is 0 Å². The number of anilines is 1. The number of amides is 1. The zero-order valence-electron chi connectivity index (χ0n) is 13.5. The number of nitrogens with one attached hydrogen (secondary N) is 1. The molecule has 0 unspecified atom stereocenters. The monoisotopic (exact) mass is 336 g/mol. The van der Waals surface area contributed by atoms with E-state index in [1.54, 1.807) is 55.5 Å². The number of benzene rings is 3. The van der Waals surface area contributed by atoms with Crippen LogP contribution in [0.2, 0.25) is 0 Å². The van der Waals surface area contributed by atoms with E-state index < -0.39 is 11.0 Å². The SMILES string of the molecule is C[C@@H](Oc1ccc2ccccc2c1[N+](=O)[O-])C(=O)Nc1ccccc1. The number of hydrogen-bond acceptors (Lipinski definition) is 4. The fraction of sp³-hybridized carbons (Fsp3) is 0.105. The molecule has 0 heterocycles. The number of rotatable bonds is 5. The van der Waals surface area contributed by atoms with Gasteiger partial charge in [-0.05, 0) is 36.6 Å². The number of para-hydroxylation sites is 1. The predicted molar refractivity (Wildman–Crippen MR) is 95.8 cm³/mol. The van der Waals surface area contributed by atoms with Gasteiger partial charge in [-0.25, -0.2) is 0 Å². The normalized spacial score (nSPS) is 11.7. The molecule has 0 aliphatic rings. The third-order valence-corrected chi connectivity index (χ3v) is 3.76. The first kappa shape index (κ1) is 16.4. The summed E-state index contributed by atoms with van der Waals surface area (Å²) in [5.74, 6) is -0.312. The average molecular weight is 336 g/mol. The molecule has 25 heavy (non-hydrogen) atoms. The van der Waals surface area contributed by atoms with Crippen molar-refractivity contribution in [3.05, 3.63) is 76.8 Å². The van der Waals surface area contributed by atoms with Gasteiger partial charge in [0.05, 0.1) is 10.3 Å². The Hall–Kier alpha value is -3.41. The Labute approximate surface area is 144 Å². The van der Waals surface area contributed by atoms with Crippen LogP contribution in [0, 0.1) is 10.1 Å². The van der Waals surface area contributed by atoms with Crippen LogP contribution in [0.3, 0.4) is 0 Å². The molecule has 0 aliphatic carbocycles. The van der Waals surface area contributed by atoms with E-state index in [9.17, 15) is 14.9 Å². The van der Waals surface area contributed by atoms with E-state index in [4.69, 9.17) is 4.74 Å². The number of nitrogens with zero attached hydrogens (tertiary/aromatic N) is 1. The predicted octanol–water partition coefficient (Wildman–Crippen LogP) is 4.15. The van der Waals surface area contributed by atoms with Gasteiger partial charge in [0.25, 0.3) is 5.91 Å². The second kappa shape index (κ2) is 7.00. The number of fused-ring (bicyclic) bond motifs is 1. The molecule has 1 atom stereocenters. The molecule has 0 spiro atoms. The zero-order chi connectivity index (χ0) is 17.8. The standard InChI is InChI=1S/C19H16N2O4/c1-13(19(22)20-15-8-3-2-4-9-15)25-17-12-11-14-7-5-6-10-16(14)18(17)21(23)24/h2-13H,1H3,(H,20,22)/t13-/m1/s1. The molecule has 6 heteroatoms. The number of hydrogen-bond donors (Lipinski definition) is 1. The minimum atomic E-state index is -0.889. The first-order chi connectivity index (χ1) is 12.1. The van der Waals surface area contributed by atoms with Gasteiger partial charge in [-0.15, -0.1) is 0 Å². The molecule has 0 saturated heterocycles. The van der Waals surface area contributed by atoms with Crippen LogP contribution in [-0.2, 0) is 4.79 Å². The highest BCUT2D eigenvalue weighted by Crippen LogP contribution is 2.35. The second-order valence-corrected chi connectivity index (χ2v) is 5.51. The molecule has 1 amide bonds. The summed E-state index contributed by atoms with van der Waals surface area (Å²) in [5, 5.41) is 15.4. The van der Waals surface area contributed by atoms with E-state index in [0.29, 0.717) is 11.1 Å². The molecular formula is C19H16N2O4. The maximum atomic E-state index is 12.3. The minimum Gasteiger partial charge on any atom is -0.474 e. The van der Waals surface area contributed by atoms with Crippen molar-refractivity contribution in [1.29, 1.82) is 0 Å². The number of ether oxygens (including phenoxy) is 1. The van der Waals surface area contributed by atoms with E-state index in [1.165, 1.54) is 6.07 Å². The Kier molecular flexibility index (Phi) is 4.61. The Morgan fingerprint density at radius 1 is 1.04 bits per heavy atom. The summed E-state index contributed by atoms with van der Waals surface area (Å²) in [5.41, 5.74) is 0.494. The van der Waals surface area contributed by atoms with Crippen LogP contribution < -0.4 is 10.1 Å². The van der Waals surface area contributed by atoms with Crippen molar-refractivity contribution in [1.82, 2.24) is 0 Å². The summed E-state index contributed by atoms with van der Waals surface area (Å²) in [7, 11) is 0. The van der Waals surface area contributed by atoms with E-state index in [0.717, 1.165) is 5.39 Å². The average Bonchev–Trinajstić information content (AvgIpc) is 2.62. The van der Waals surface area contributed by atoms with E-state index in [-0.39, 0.29) is 17.3 Å². The van der Waals surface area contributed by atoms with Gasteiger partial charge < -0.3 is 10.1 Å². The van der Waals surface area contributed by atoms with Crippen molar-refractivity contribution in [2.45, 2.75) is 13.0 Å². The van der Waals surface area contributed by atoms with Crippen LogP contribution in [-0.4, -0.2) is 16.9 Å². The molecule has 0 fully saturated rings. The summed E-state index contributed by atoms with van der Waals surface area (Å²) in [6, 6.07) is 19.2. The topological polar surface area (TPSA) is 81.5 Å². The van der Waals surface area contributed by atoms with Crippen molar-refractivity contribution in [2.24, 2.45) is 0 Å². The molecular weight excluding hydrogens is 320 g/mol.